The summed E-state index contributed by atoms with van der Waals surface area (Å²) in [7, 11) is 1.63. The van der Waals surface area contributed by atoms with E-state index in [0.717, 1.165) is 33.4 Å². The van der Waals surface area contributed by atoms with Gasteiger partial charge in [0.15, 0.2) is 0 Å². The minimum atomic E-state index is 0.0498. The van der Waals surface area contributed by atoms with E-state index in [0.29, 0.717) is 13.1 Å². The van der Waals surface area contributed by atoms with Crippen LogP contribution in [0.2, 0.25) is 0 Å². The second kappa shape index (κ2) is 5.28. The number of halogens is 1. The van der Waals surface area contributed by atoms with Gasteiger partial charge in [0.1, 0.15) is 5.75 Å². The molecule has 1 saturated heterocycles. The quantitative estimate of drug-likeness (QED) is 0.911. The molecule has 0 atom stereocenters. The molecule has 2 aromatic rings. The van der Waals surface area contributed by atoms with Crippen LogP contribution in [0.25, 0.3) is 10.9 Å². The molecule has 104 valence electrons. The Morgan fingerprint density at radius 1 is 1.45 bits per heavy atom. The fraction of sp³-hybridized carbons (Fsp3) is 0.286. The molecule has 1 fully saturated rings. The number of nitrogens with one attached hydrogen (secondary N) is 1. The molecule has 5 nitrogen and oxygen atoms in total. The summed E-state index contributed by atoms with van der Waals surface area (Å²) < 4.78 is 6.17. The van der Waals surface area contributed by atoms with Crippen molar-refractivity contribution in [2.24, 2.45) is 0 Å². The smallest absolute Gasteiger partial charge is 0.239 e. The molecule has 0 spiro atoms. The number of nitrogens with zero attached hydrogens (tertiary/aromatic N) is 2. The first kappa shape index (κ1) is 13.2. The average molecular weight is 336 g/mol. The topological polar surface area (TPSA) is 54.5 Å². The van der Waals surface area contributed by atoms with E-state index in [1.807, 2.05) is 18.2 Å². The largest absolute Gasteiger partial charge is 0.495 e. The van der Waals surface area contributed by atoms with Gasteiger partial charge in [-0.15, -0.1) is 0 Å². The number of methoxy groups -OCH3 is 1. The third kappa shape index (κ3) is 2.31. The third-order valence-electron chi connectivity index (χ3n) is 3.37. The van der Waals surface area contributed by atoms with Gasteiger partial charge in [0.25, 0.3) is 0 Å². The van der Waals surface area contributed by atoms with Gasteiger partial charge in [-0.05, 0) is 28.1 Å². The van der Waals surface area contributed by atoms with Crippen LogP contribution < -0.4 is 15.0 Å². The summed E-state index contributed by atoms with van der Waals surface area (Å²) >= 11 is 3.50. The number of carbonyl (C=O) groups excluding carboxylic acids is 1. The minimum absolute atomic E-state index is 0.0498. The van der Waals surface area contributed by atoms with Gasteiger partial charge in [-0.2, -0.15) is 0 Å². The second-order valence-corrected chi connectivity index (χ2v) is 5.46. The Kier molecular flexibility index (Phi) is 3.48. The number of hydrogen-bond donors (Lipinski definition) is 1. The number of aromatic nitrogens is 1. The molecule has 1 N–H and O–H groups in total. The van der Waals surface area contributed by atoms with Gasteiger partial charge in [0.05, 0.1) is 23.6 Å². The number of anilines is 1. The van der Waals surface area contributed by atoms with Gasteiger partial charge in [-0.1, -0.05) is 0 Å². The molecule has 20 heavy (non-hydrogen) atoms. The van der Waals surface area contributed by atoms with Crippen LogP contribution in [0.3, 0.4) is 0 Å². The van der Waals surface area contributed by atoms with Gasteiger partial charge >= 0.3 is 0 Å². The molecular formula is C14H14BrN3O2. The van der Waals surface area contributed by atoms with Crippen molar-refractivity contribution in [3.05, 3.63) is 28.9 Å². The van der Waals surface area contributed by atoms with Crippen LogP contribution in [-0.2, 0) is 4.79 Å². The van der Waals surface area contributed by atoms with E-state index in [2.05, 4.69) is 31.1 Å². The lowest BCUT2D eigenvalue weighted by Gasteiger charge is -2.29. The zero-order valence-corrected chi connectivity index (χ0v) is 12.6. The summed E-state index contributed by atoms with van der Waals surface area (Å²) in [5.41, 5.74) is 1.88. The second-order valence-electron chi connectivity index (χ2n) is 4.61. The van der Waals surface area contributed by atoms with Crippen molar-refractivity contribution in [1.82, 2.24) is 10.3 Å². The molecule has 6 heteroatoms. The highest BCUT2D eigenvalue weighted by atomic mass is 79.9. The van der Waals surface area contributed by atoms with Crippen LogP contribution in [0.15, 0.2) is 28.9 Å². The Labute approximate surface area is 125 Å². The van der Waals surface area contributed by atoms with Gasteiger partial charge in [-0.25, -0.2) is 0 Å². The first-order chi connectivity index (χ1) is 9.69. The summed E-state index contributed by atoms with van der Waals surface area (Å²) in [5.74, 6) is 0.798. The van der Waals surface area contributed by atoms with E-state index >= 15 is 0 Å². The molecule has 0 aliphatic carbocycles. The van der Waals surface area contributed by atoms with Gasteiger partial charge in [-0.3, -0.25) is 9.78 Å². The molecule has 0 bridgehead atoms. The van der Waals surface area contributed by atoms with Crippen molar-refractivity contribution >= 4 is 38.4 Å². The highest BCUT2D eigenvalue weighted by Gasteiger charge is 2.19. The van der Waals surface area contributed by atoms with Crippen LogP contribution in [0.1, 0.15) is 0 Å². The number of hydrogen-bond acceptors (Lipinski definition) is 4. The molecule has 1 aliphatic rings. The molecule has 2 heterocycles. The Morgan fingerprint density at radius 3 is 3.05 bits per heavy atom. The maximum Gasteiger partial charge on any atom is 0.239 e. The summed E-state index contributed by atoms with van der Waals surface area (Å²) in [6, 6.07) is 5.83. The number of rotatable bonds is 2. The summed E-state index contributed by atoms with van der Waals surface area (Å²) in [5, 5.41) is 3.84. The lowest BCUT2D eigenvalue weighted by atomic mass is 10.1. The predicted molar refractivity (Wildman–Crippen MR) is 81.2 cm³/mol. The number of pyridine rings is 1. The van der Waals surface area contributed by atoms with Crippen molar-refractivity contribution in [3.8, 4) is 5.75 Å². The number of benzene rings is 1. The predicted octanol–water partition coefficient (Wildman–Crippen LogP) is 1.94. The van der Waals surface area contributed by atoms with Crippen LogP contribution in [0.4, 0.5) is 5.69 Å². The first-order valence-electron chi connectivity index (χ1n) is 6.33. The molecule has 0 saturated carbocycles. The molecule has 1 aliphatic heterocycles. The molecule has 0 radical (unpaired) electrons. The highest BCUT2D eigenvalue weighted by molar-refractivity contribution is 9.10. The summed E-state index contributed by atoms with van der Waals surface area (Å²) in [6.07, 6.45) is 1.76. The fourth-order valence-electron chi connectivity index (χ4n) is 2.41. The Hall–Kier alpha value is -1.82. The van der Waals surface area contributed by atoms with Crippen molar-refractivity contribution in [2.75, 3.05) is 31.6 Å². The van der Waals surface area contributed by atoms with Crippen molar-refractivity contribution < 1.29 is 9.53 Å². The van der Waals surface area contributed by atoms with E-state index in [1.54, 1.807) is 13.3 Å². The van der Waals surface area contributed by atoms with Crippen LogP contribution in [0, 0.1) is 0 Å². The highest BCUT2D eigenvalue weighted by Crippen LogP contribution is 2.34. The molecule has 3 rings (SSSR count). The minimum Gasteiger partial charge on any atom is -0.495 e. The fourth-order valence-corrected chi connectivity index (χ4v) is 2.91. The Bertz CT molecular complexity index is 675. The molecule has 1 amide bonds. The van der Waals surface area contributed by atoms with Gasteiger partial charge in [0.2, 0.25) is 5.91 Å². The Morgan fingerprint density at radius 2 is 2.30 bits per heavy atom. The first-order valence-corrected chi connectivity index (χ1v) is 7.12. The number of piperazine rings is 1. The molecule has 0 unspecified atom stereocenters. The number of fused-ring (bicyclic) bond motifs is 1. The number of amides is 1. The summed E-state index contributed by atoms with van der Waals surface area (Å²) in [6.45, 7) is 1.84. The average Bonchev–Trinajstić information content (AvgIpc) is 2.46. The van der Waals surface area contributed by atoms with Crippen molar-refractivity contribution in [1.29, 1.82) is 0 Å². The zero-order chi connectivity index (χ0) is 14.1. The van der Waals surface area contributed by atoms with E-state index in [9.17, 15) is 4.79 Å². The van der Waals surface area contributed by atoms with Gasteiger partial charge in [0, 0.05) is 36.4 Å². The number of ether oxygens (including phenoxy) is 1. The maximum absolute atomic E-state index is 11.6. The van der Waals surface area contributed by atoms with Crippen LogP contribution in [-0.4, -0.2) is 37.6 Å². The van der Waals surface area contributed by atoms with Crippen molar-refractivity contribution in [3.63, 3.8) is 0 Å². The van der Waals surface area contributed by atoms with Crippen molar-refractivity contribution in [2.45, 2.75) is 0 Å². The van der Waals surface area contributed by atoms with Gasteiger partial charge < -0.3 is 15.0 Å². The zero-order valence-electron chi connectivity index (χ0n) is 11.0. The normalized spacial score (nSPS) is 15.3. The lowest BCUT2D eigenvalue weighted by Crippen LogP contribution is -2.47. The maximum atomic E-state index is 11.6. The molecule has 1 aromatic carbocycles. The van der Waals surface area contributed by atoms with E-state index < -0.39 is 0 Å². The number of carbonyl (C=O) groups is 1. The van der Waals surface area contributed by atoms with Crippen LogP contribution >= 0.6 is 15.9 Å². The summed E-state index contributed by atoms with van der Waals surface area (Å²) in [4.78, 5) is 18.0. The van der Waals surface area contributed by atoms with Crippen LogP contribution in [0.5, 0.6) is 5.75 Å². The third-order valence-corrected chi connectivity index (χ3v) is 3.99. The lowest BCUT2D eigenvalue weighted by molar-refractivity contribution is -0.120. The monoisotopic (exact) mass is 335 g/mol. The SMILES string of the molecule is COc1cc2nccc(N3CCNC(=O)C3)c2cc1Br. The molecular weight excluding hydrogens is 322 g/mol. The molecule has 1 aromatic heterocycles. The Balaban J connectivity index is 2.11. The van der Waals surface area contributed by atoms with E-state index in [4.69, 9.17) is 4.74 Å². The standard InChI is InChI=1S/C14H14BrN3O2/c1-20-13-7-11-9(6-10(13)15)12(2-3-16-11)18-5-4-17-14(19)8-18/h2-3,6-7H,4-5,8H2,1H3,(H,17,19). The van der Waals surface area contributed by atoms with E-state index in [1.165, 1.54) is 0 Å². The van der Waals surface area contributed by atoms with E-state index in [-0.39, 0.29) is 5.91 Å².